The molecule has 0 aliphatic heterocycles. The quantitative estimate of drug-likeness (QED) is 0.604. The Morgan fingerprint density at radius 3 is 2.86 bits per heavy atom. The number of amides is 1. The van der Waals surface area contributed by atoms with Crippen LogP contribution in [-0.4, -0.2) is 42.4 Å². The highest BCUT2D eigenvalue weighted by Gasteiger charge is 2.13. The van der Waals surface area contributed by atoms with Crippen LogP contribution < -0.4 is 10.6 Å². The van der Waals surface area contributed by atoms with Gasteiger partial charge in [0.25, 0.3) is 0 Å². The molecule has 0 fully saturated rings. The zero-order chi connectivity index (χ0) is 15.7. The largest absolute Gasteiger partial charge is 0.389 e. The number of hydrogen-bond donors (Lipinski definition) is 3. The Hall–Kier alpha value is -0.950. The normalized spacial score (nSPS) is 13.1. The van der Waals surface area contributed by atoms with Crippen LogP contribution in [0.3, 0.4) is 0 Å². The molecule has 1 unspecified atom stereocenters. The van der Waals surface area contributed by atoms with Crippen molar-refractivity contribution >= 4 is 17.2 Å². The summed E-state index contributed by atoms with van der Waals surface area (Å²) in [5.74, 6) is 0.0124. The van der Waals surface area contributed by atoms with Crippen molar-refractivity contribution in [3.05, 3.63) is 22.4 Å². The molecule has 1 rings (SSSR count). The van der Waals surface area contributed by atoms with Gasteiger partial charge in [0.1, 0.15) is 0 Å². The molecule has 0 aliphatic carbocycles. The van der Waals surface area contributed by atoms with E-state index in [1.807, 2.05) is 38.3 Å². The number of hydrogen-bond acceptors (Lipinski definition) is 5. The summed E-state index contributed by atoms with van der Waals surface area (Å²) in [5, 5.41) is 17.7. The van der Waals surface area contributed by atoms with E-state index in [4.69, 9.17) is 4.74 Å². The highest BCUT2D eigenvalue weighted by Crippen LogP contribution is 2.09. The molecule has 1 heterocycles. The standard InChI is InChI=1S/C15H26N2O3S/c1-15(2,3)17-14(19)6-7-16-9-12(18)10-20-11-13-5-4-8-21-13/h4-5,8,12,16,18H,6-7,9-11H2,1-3H3,(H,17,19). The average Bonchev–Trinajstić information content (AvgIpc) is 2.85. The van der Waals surface area contributed by atoms with Gasteiger partial charge in [-0.2, -0.15) is 0 Å². The molecule has 3 N–H and O–H groups in total. The van der Waals surface area contributed by atoms with Crippen molar-refractivity contribution < 1.29 is 14.6 Å². The van der Waals surface area contributed by atoms with Crippen LogP contribution in [0.5, 0.6) is 0 Å². The number of aliphatic hydroxyl groups is 1. The predicted octanol–water partition coefficient (Wildman–Crippen LogP) is 1.52. The molecule has 1 atom stereocenters. The molecule has 5 nitrogen and oxygen atoms in total. The minimum absolute atomic E-state index is 0.0124. The molecule has 6 heteroatoms. The van der Waals surface area contributed by atoms with Gasteiger partial charge in [-0.05, 0) is 32.2 Å². The molecule has 1 amide bonds. The fraction of sp³-hybridized carbons (Fsp3) is 0.667. The highest BCUT2D eigenvalue weighted by atomic mass is 32.1. The second kappa shape index (κ2) is 9.15. The Kier molecular flexibility index (Phi) is 7.88. The summed E-state index contributed by atoms with van der Waals surface area (Å²) in [6.07, 6.45) is -0.157. The van der Waals surface area contributed by atoms with Crippen molar-refractivity contribution in [3.8, 4) is 0 Å². The van der Waals surface area contributed by atoms with E-state index in [2.05, 4.69) is 10.6 Å². The molecule has 1 aromatic rings. The summed E-state index contributed by atoms with van der Waals surface area (Å²) >= 11 is 1.64. The number of thiophene rings is 1. The Labute approximate surface area is 130 Å². The Morgan fingerprint density at radius 2 is 2.24 bits per heavy atom. The number of carbonyl (C=O) groups excluding carboxylic acids is 1. The van der Waals surface area contributed by atoms with Crippen LogP contribution in [0.25, 0.3) is 0 Å². The molecule has 0 saturated heterocycles. The van der Waals surface area contributed by atoms with Gasteiger partial charge in [0.2, 0.25) is 5.91 Å². The summed E-state index contributed by atoms with van der Waals surface area (Å²) in [5.41, 5.74) is -0.202. The summed E-state index contributed by atoms with van der Waals surface area (Å²) < 4.78 is 5.42. The smallest absolute Gasteiger partial charge is 0.221 e. The second-order valence-electron chi connectivity index (χ2n) is 6.00. The Balaban J connectivity index is 2.00. The molecular weight excluding hydrogens is 288 g/mol. The summed E-state index contributed by atoms with van der Waals surface area (Å²) in [7, 11) is 0. The van der Waals surface area contributed by atoms with Crippen molar-refractivity contribution in [2.75, 3.05) is 19.7 Å². The van der Waals surface area contributed by atoms with E-state index in [0.29, 0.717) is 32.7 Å². The lowest BCUT2D eigenvalue weighted by Crippen LogP contribution is -2.42. The first-order valence-electron chi connectivity index (χ1n) is 7.17. The molecule has 120 valence electrons. The molecule has 0 aromatic carbocycles. The minimum atomic E-state index is -0.560. The van der Waals surface area contributed by atoms with Crippen LogP contribution in [0.4, 0.5) is 0 Å². The van der Waals surface area contributed by atoms with E-state index in [1.54, 1.807) is 11.3 Å². The van der Waals surface area contributed by atoms with Crippen molar-refractivity contribution in [1.29, 1.82) is 0 Å². The molecular formula is C15H26N2O3S. The summed E-state index contributed by atoms with van der Waals surface area (Å²) in [6, 6.07) is 3.98. The number of carbonyl (C=O) groups is 1. The number of nitrogens with one attached hydrogen (secondary N) is 2. The van der Waals surface area contributed by atoms with Crippen LogP contribution in [0.15, 0.2) is 17.5 Å². The third kappa shape index (κ3) is 9.57. The lowest BCUT2D eigenvalue weighted by molar-refractivity contribution is -0.122. The van der Waals surface area contributed by atoms with Gasteiger partial charge in [0.15, 0.2) is 0 Å². The lowest BCUT2D eigenvalue weighted by Gasteiger charge is -2.20. The van der Waals surface area contributed by atoms with Crippen LogP contribution >= 0.6 is 11.3 Å². The maximum absolute atomic E-state index is 11.6. The first-order chi connectivity index (χ1) is 9.87. The van der Waals surface area contributed by atoms with Gasteiger partial charge in [-0.3, -0.25) is 4.79 Å². The van der Waals surface area contributed by atoms with Crippen LogP contribution in [0.1, 0.15) is 32.1 Å². The van der Waals surface area contributed by atoms with Gasteiger partial charge >= 0.3 is 0 Å². The van der Waals surface area contributed by atoms with Crippen LogP contribution in [0, 0.1) is 0 Å². The number of ether oxygens (including phenoxy) is 1. The first-order valence-corrected chi connectivity index (χ1v) is 8.05. The second-order valence-corrected chi connectivity index (χ2v) is 7.03. The van der Waals surface area contributed by atoms with Crippen molar-refractivity contribution in [2.45, 2.75) is 45.4 Å². The van der Waals surface area contributed by atoms with E-state index in [0.717, 1.165) is 4.88 Å². The monoisotopic (exact) mass is 314 g/mol. The molecule has 0 spiro atoms. The summed E-state index contributed by atoms with van der Waals surface area (Å²) in [4.78, 5) is 12.7. The zero-order valence-electron chi connectivity index (χ0n) is 13.0. The van der Waals surface area contributed by atoms with Gasteiger partial charge in [0.05, 0.1) is 19.3 Å². The van der Waals surface area contributed by atoms with Crippen LogP contribution in [-0.2, 0) is 16.1 Å². The molecule has 1 aromatic heterocycles. The molecule has 0 bridgehead atoms. The SMILES string of the molecule is CC(C)(C)NC(=O)CCNCC(O)COCc1cccs1. The van der Waals surface area contributed by atoms with Crippen molar-refractivity contribution in [1.82, 2.24) is 10.6 Å². The Bertz CT molecular complexity index is 402. The van der Waals surface area contributed by atoms with Gasteiger partial charge in [-0.15, -0.1) is 11.3 Å². The van der Waals surface area contributed by atoms with Gasteiger partial charge in [0, 0.05) is 29.9 Å². The first kappa shape index (κ1) is 18.1. The van der Waals surface area contributed by atoms with Gasteiger partial charge < -0.3 is 20.5 Å². The van der Waals surface area contributed by atoms with Crippen LogP contribution in [0.2, 0.25) is 0 Å². The van der Waals surface area contributed by atoms with Gasteiger partial charge in [-0.1, -0.05) is 6.07 Å². The lowest BCUT2D eigenvalue weighted by atomic mass is 10.1. The maximum atomic E-state index is 11.6. The zero-order valence-corrected chi connectivity index (χ0v) is 13.8. The fourth-order valence-corrected chi connectivity index (χ4v) is 2.34. The van der Waals surface area contributed by atoms with E-state index < -0.39 is 6.10 Å². The third-order valence-corrected chi connectivity index (χ3v) is 3.41. The predicted molar refractivity (Wildman–Crippen MR) is 85.4 cm³/mol. The molecule has 21 heavy (non-hydrogen) atoms. The van der Waals surface area contributed by atoms with Crippen molar-refractivity contribution in [2.24, 2.45) is 0 Å². The Morgan fingerprint density at radius 1 is 1.48 bits per heavy atom. The molecule has 0 radical (unpaired) electrons. The summed E-state index contributed by atoms with van der Waals surface area (Å²) in [6.45, 7) is 7.64. The van der Waals surface area contributed by atoms with E-state index >= 15 is 0 Å². The number of aliphatic hydroxyl groups excluding tert-OH is 1. The third-order valence-electron chi connectivity index (χ3n) is 2.56. The molecule has 0 saturated carbocycles. The molecule has 0 aliphatic rings. The van der Waals surface area contributed by atoms with Crippen molar-refractivity contribution in [3.63, 3.8) is 0 Å². The number of rotatable bonds is 9. The average molecular weight is 314 g/mol. The fourth-order valence-electron chi connectivity index (χ4n) is 1.70. The topological polar surface area (TPSA) is 70.6 Å². The highest BCUT2D eigenvalue weighted by molar-refractivity contribution is 7.09. The van der Waals surface area contributed by atoms with E-state index in [9.17, 15) is 9.90 Å². The minimum Gasteiger partial charge on any atom is -0.389 e. The van der Waals surface area contributed by atoms with E-state index in [1.165, 1.54) is 0 Å². The maximum Gasteiger partial charge on any atom is 0.221 e. The van der Waals surface area contributed by atoms with E-state index in [-0.39, 0.29) is 11.4 Å². The van der Waals surface area contributed by atoms with Gasteiger partial charge in [-0.25, -0.2) is 0 Å².